The maximum Gasteiger partial charge on any atom is 0.228 e. The van der Waals surface area contributed by atoms with Gasteiger partial charge in [-0.1, -0.05) is 29.8 Å². The van der Waals surface area contributed by atoms with Crippen LogP contribution < -0.4 is 10.6 Å². The fraction of sp³-hybridized carbons (Fsp3) is 0.222. The second-order valence-corrected chi connectivity index (χ2v) is 6.48. The number of hydrogen-bond donors (Lipinski definition) is 3. The summed E-state index contributed by atoms with van der Waals surface area (Å²) >= 11 is 6.20. The summed E-state index contributed by atoms with van der Waals surface area (Å²) in [7, 11) is 0. The number of aryl methyl sites for hydroxylation is 1. The Labute approximate surface area is 145 Å². The van der Waals surface area contributed by atoms with Gasteiger partial charge in [0.25, 0.3) is 0 Å². The number of benzene rings is 1. The third-order valence-electron chi connectivity index (χ3n) is 4.30. The number of rotatable bonds is 0. The van der Waals surface area contributed by atoms with E-state index in [4.69, 9.17) is 11.6 Å². The molecule has 122 valence electrons. The Balaban J connectivity index is 1.79. The molecule has 0 radical (unpaired) electrons. The molecule has 6 bridgehead atoms. The molecule has 0 amide bonds. The third kappa shape index (κ3) is 3.08. The van der Waals surface area contributed by atoms with Crippen LogP contribution in [0.3, 0.4) is 0 Å². The van der Waals surface area contributed by atoms with Gasteiger partial charge in [-0.05, 0) is 49.0 Å². The Bertz CT molecular complexity index is 847. The largest absolute Gasteiger partial charge is 0.506 e. The zero-order chi connectivity index (χ0) is 16.5. The fourth-order valence-electron chi connectivity index (χ4n) is 3.02. The van der Waals surface area contributed by atoms with Crippen LogP contribution >= 0.6 is 11.6 Å². The number of halogens is 1. The van der Waals surface area contributed by atoms with Crippen molar-refractivity contribution >= 4 is 29.1 Å². The van der Waals surface area contributed by atoms with Crippen molar-refractivity contribution < 1.29 is 5.11 Å². The first-order valence-electron chi connectivity index (χ1n) is 7.93. The minimum atomic E-state index is 0.166. The Morgan fingerprint density at radius 1 is 1.25 bits per heavy atom. The molecule has 0 saturated heterocycles. The van der Waals surface area contributed by atoms with E-state index >= 15 is 0 Å². The summed E-state index contributed by atoms with van der Waals surface area (Å²) in [5.41, 5.74) is 2.85. The van der Waals surface area contributed by atoms with Gasteiger partial charge in [0.05, 0.1) is 11.9 Å². The van der Waals surface area contributed by atoms with E-state index in [2.05, 4.69) is 32.8 Å². The predicted molar refractivity (Wildman–Crippen MR) is 95.7 cm³/mol. The van der Waals surface area contributed by atoms with Crippen molar-refractivity contribution in [3.8, 4) is 5.75 Å². The van der Waals surface area contributed by atoms with E-state index in [0.717, 1.165) is 30.5 Å². The molecule has 2 aromatic rings. The number of aromatic nitrogens is 2. The van der Waals surface area contributed by atoms with Crippen LogP contribution in [0.5, 0.6) is 5.75 Å². The van der Waals surface area contributed by atoms with Crippen LogP contribution in [0.15, 0.2) is 48.3 Å². The van der Waals surface area contributed by atoms with Gasteiger partial charge in [-0.2, -0.15) is 4.98 Å². The summed E-state index contributed by atoms with van der Waals surface area (Å²) in [5.74, 6) is 1.58. The number of anilines is 3. The predicted octanol–water partition coefficient (Wildman–Crippen LogP) is 4.40. The van der Waals surface area contributed by atoms with E-state index < -0.39 is 0 Å². The lowest BCUT2D eigenvalue weighted by Crippen LogP contribution is -2.11. The average molecular weight is 341 g/mol. The summed E-state index contributed by atoms with van der Waals surface area (Å²) in [5, 5.41) is 16.9. The molecule has 1 aromatic carbocycles. The van der Waals surface area contributed by atoms with E-state index in [9.17, 15) is 5.11 Å². The normalized spacial score (nSPS) is 19.0. The van der Waals surface area contributed by atoms with Crippen molar-refractivity contribution in [3.05, 3.63) is 58.9 Å². The number of fused-ring (bicyclic) bond motifs is 6. The molecule has 5 nitrogen and oxygen atoms in total. The molecule has 4 rings (SSSR count). The van der Waals surface area contributed by atoms with Gasteiger partial charge in [0.1, 0.15) is 10.8 Å². The maximum atomic E-state index is 10.1. The number of phenolic OH excluding ortho intramolecular Hbond substituents is 1. The van der Waals surface area contributed by atoms with E-state index in [1.54, 1.807) is 12.3 Å². The zero-order valence-corrected chi connectivity index (χ0v) is 13.7. The summed E-state index contributed by atoms with van der Waals surface area (Å²) in [6.45, 7) is 0. The molecule has 0 saturated carbocycles. The maximum absolute atomic E-state index is 10.1. The van der Waals surface area contributed by atoms with Gasteiger partial charge in [0, 0.05) is 5.70 Å². The first-order chi connectivity index (χ1) is 11.7. The van der Waals surface area contributed by atoms with Gasteiger partial charge in [-0.15, -0.1) is 0 Å². The molecular weight excluding hydrogens is 324 g/mol. The summed E-state index contributed by atoms with van der Waals surface area (Å²) in [6, 6.07) is 5.60. The highest BCUT2D eigenvalue weighted by molar-refractivity contribution is 6.32. The summed E-state index contributed by atoms with van der Waals surface area (Å²) in [4.78, 5) is 8.68. The molecule has 24 heavy (non-hydrogen) atoms. The molecule has 2 aliphatic rings. The van der Waals surface area contributed by atoms with Gasteiger partial charge in [-0.25, -0.2) is 4.98 Å². The first-order valence-corrected chi connectivity index (χ1v) is 8.31. The van der Waals surface area contributed by atoms with E-state index in [0.29, 0.717) is 28.4 Å². The van der Waals surface area contributed by atoms with Crippen LogP contribution in [-0.2, 0) is 6.42 Å². The smallest absolute Gasteiger partial charge is 0.228 e. The number of allylic oxidation sites excluding steroid dienone is 4. The molecule has 1 aliphatic carbocycles. The second kappa shape index (κ2) is 6.17. The lowest BCUT2D eigenvalue weighted by Gasteiger charge is -2.19. The Morgan fingerprint density at radius 2 is 2.17 bits per heavy atom. The number of hydrogen-bond acceptors (Lipinski definition) is 5. The molecular formula is C18H17ClN4O. The van der Waals surface area contributed by atoms with Crippen molar-refractivity contribution in [2.24, 2.45) is 5.92 Å². The molecule has 1 aliphatic heterocycles. The van der Waals surface area contributed by atoms with Crippen LogP contribution in [0.25, 0.3) is 0 Å². The third-order valence-corrected chi connectivity index (χ3v) is 4.57. The van der Waals surface area contributed by atoms with Crippen LogP contribution in [0.2, 0.25) is 5.02 Å². The van der Waals surface area contributed by atoms with Crippen molar-refractivity contribution in [3.63, 3.8) is 0 Å². The minimum absolute atomic E-state index is 0.166. The molecule has 0 spiro atoms. The van der Waals surface area contributed by atoms with Gasteiger partial charge in [0.15, 0.2) is 5.82 Å². The summed E-state index contributed by atoms with van der Waals surface area (Å²) < 4.78 is 0. The molecule has 6 heteroatoms. The van der Waals surface area contributed by atoms with Gasteiger partial charge >= 0.3 is 0 Å². The highest BCUT2D eigenvalue weighted by Crippen LogP contribution is 2.32. The molecule has 1 aromatic heterocycles. The van der Waals surface area contributed by atoms with Crippen LogP contribution in [0.1, 0.15) is 18.4 Å². The van der Waals surface area contributed by atoms with E-state index in [1.165, 1.54) is 0 Å². The number of nitrogens with one attached hydrogen (secondary N) is 2. The zero-order valence-electron chi connectivity index (χ0n) is 13.0. The quantitative estimate of drug-likeness (QED) is 0.620. The summed E-state index contributed by atoms with van der Waals surface area (Å²) in [6.07, 6.45) is 10.8. The SMILES string of the molecule is Oc1ccc2cc1Nc1nc(ncc1Cl)NC1=CC=CC(CC2)C1. The highest BCUT2D eigenvalue weighted by Gasteiger charge is 2.16. The minimum Gasteiger partial charge on any atom is -0.506 e. The molecule has 3 N–H and O–H groups in total. The monoisotopic (exact) mass is 340 g/mol. The topological polar surface area (TPSA) is 70.1 Å². The Morgan fingerprint density at radius 3 is 3.08 bits per heavy atom. The van der Waals surface area contributed by atoms with Crippen molar-refractivity contribution in [2.75, 3.05) is 10.6 Å². The van der Waals surface area contributed by atoms with E-state index in [-0.39, 0.29) is 5.75 Å². The number of phenols is 1. The van der Waals surface area contributed by atoms with E-state index in [1.807, 2.05) is 18.2 Å². The van der Waals surface area contributed by atoms with Crippen molar-refractivity contribution in [2.45, 2.75) is 19.3 Å². The van der Waals surface area contributed by atoms with Gasteiger partial charge < -0.3 is 15.7 Å². The van der Waals surface area contributed by atoms with Gasteiger partial charge in [0.2, 0.25) is 5.95 Å². The molecule has 1 unspecified atom stereocenters. The lowest BCUT2D eigenvalue weighted by molar-refractivity contribution is 0.477. The molecule has 1 atom stereocenters. The Hall–Kier alpha value is -2.53. The number of aromatic hydroxyl groups is 1. The number of nitrogens with zero attached hydrogens (tertiary/aromatic N) is 2. The molecule has 0 fully saturated rings. The lowest BCUT2D eigenvalue weighted by atomic mass is 9.91. The fourth-order valence-corrected chi connectivity index (χ4v) is 3.15. The van der Waals surface area contributed by atoms with Crippen LogP contribution in [-0.4, -0.2) is 15.1 Å². The average Bonchev–Trinajstić information content (AvgIpc) is 2.59. The first kappa shape index (κ1) is 15.0. The standard InChI is InChI=1S/C18H17ClN4O/c19-14-10-20-18-21-13-3-1-2-11(8-13)4-5-12-6-7-16(24)15(9-12)22-17(14)23-18/h1-3,6-7,9-11,24H,4-5,8H2,(H2,20,21,22,23). The molecule has 2 heterocycles. The second-order valence-electron chi connectivity index (χ2n) is 6.07. The van der Waals surface area contributed by atoms with Crippen LogP contribution in [0, 0.1) is 5.92 Å². The van der Waals surface area contributed by atoms with Crippen LogP contribution in [0.4, 0.5) is 17.5 Å². The van der Waals surface area contributed by atoms with Crippen molar-refractivity contribution in [1.29, 1.82) is 0 Å². The Kier molecular flexibility index (Phi) is 3.86. The van der Waals surface area contributed by atoms with Gasteiger partial charge in [-0.3, -0.25) is 0 Å². The van der Waals surface area contributed by atoms with Crippen molar-refractivity contribution in [1.82, 2.24) is 9.97 Å². The highest BCUT2D eigenvalue weighted by atomic mass is 35.5.